The highest BCUT2D eigenvalue weighted by Gasteiger charge is 2.32. The zero-order chi connectivity index (χ0) is 14.0. The summed E-state index contributed by atoms with van der Waals surface area (Å²) in [7, 11) is 0. The van der Waals surface area contributed by atoms with Crippen molar-refractivity contribution in [2.75, 3.05) is 18.5 Å². The molecule has 0 bridgehead atoms. The van der Waals surface area contributed by atoms with Crippen molar-refractivity contribution in [1.82, 2.24) is 0 Å². The highest BCUT2D eigenvalue weighted by molar-refractivity contribution is 14.1. The Balaban J connectivity index is 2.02. The molecular weight excluding hydrogens is 363 g/mol. The lowest BCUT2D eigenvalue weighted by molar-refractivity contribution is -0.384. The predicted molar refractivity (Wildman–Crippen MR) is 79.2 cm³/mol. The van der Waals surface area contributed by atoms with Gasteiger partial charge in [-0.05, 0) is 48.6 Å². The lowest BCUT2D eigenvalue weighted by atomic mass is 10.2. The number of hydrogen-bond acceptors (Lipinski definition) is 5. The fourth-order valence-electron chi connectivity index (χ4n) is 1.89. The fraction of sp³-hybridized carbons (Fsp3) is 0.500. The van der Waals surface area contributed by atoms with E-state index in [4.69, 9.17) is 9.47 Å². The van der Waals surface area contributed by atoms with E-state index in [0.717, 1.165) is 3.57 Å². The van der Waals surface area contributed by atoms with E-state index in [-0.39, 0.29) is 16.7 Å². The van der Waals surface area contributed by atoms with Gasteiger partial charge in [-0.3, -0.25) is 10.1 Å². The van der Waals surface area contributed by atoms with Gasteiger partial charge in [0.2, 0.25) is 0 Å². The zero-order valence-corrected chi connectivity index (χ0v) is 12.8. The van der Waals surface area contributed by atoms with E-state index in [0.29, 0.717) is 18.8 Å². The van der Waals surface area contributed by atoms with Gasteiger partial charge in [0.15, 0.2) is 5.79 Å². The number of ether oxygens (including phenoxy) is 2. The summed E-state index contributed by atoms with van der Waals surface area (Å²) < 4.78 is 11.9. The van der Waals surface area contributed by atoms with Crippen molar-refractivity contribution in [3.8, 4) is 0 Å². The first-order chi connectivity index (χ1) is 8.87. The Kier molecular flexibility index (Phi) is 4.26. The van der Waals surface area contributed by atoms with Crippen LogP contribution in [0.1, 0.15) is 13.8 Å². The van der Waals surface area contributed by atoms with E-state index in [1.807, 2.05) is 42.5 Å². The molecule has 104 valence electrons. The predicted octanol–water partition coefficient (Wildman–Crippen LogP) is 2.76. The average molecular weight is 378 g/mol. The molecule has 1 heterocycles. The summed E-state index contributed by atoms with van der Waals surface area (Å²) in [6.07, 6.45) is -0.103. The Morgan fingerprint density at radius 3 is 2.89 bits per heavy atom. The van der Waals surface area contributed by atoms with Gasteiger partial charge >= 0.3 is 0 Å². The Hall–Kier alpha value is -0.930. The van der Waals surface area contributed by atoms with E-state index in [2.05, 4.69) is 5.32 Å². The Labute approximate surface area is 124 Å². The van der Waals surface area contributed by atoms with Crippen LogP contribution in [0, 0.1) is 13.7 Å². The second kappa shape index (κ2) is 5.59. The van der Waals surface area contributed by atoms with Crippen LogP contribution in [-0.4, -0.2) is 30.0 Å². The maximum Gasteiger partial charge on any atom is 0.293 e. The topological polar surface area (TPSA) is 73.6 Å². The van der Waals surface area contributed by atoms with Crippen molar-refractivity contribution >= 4 is 34.0 Å². The third-order valence-electron chi connectivity index (χ3n) is 2.74. The minimum absolute atomic E-state index is 0.0741. The van der Waals surface area contributed by atoms with E-state index < -0.39 is 5.79 Å². The lowest BCUT2D eigenvalue weighted by Crippen LogP contribution is -2.26. The average Bonchev–Trinajstić information content (AvgIpc) is 2.67. The van der Waals surface area contributed by atoms with Gasteiger partial charge in [0.1, 0.15) is 11.8 Å². The SMILES string of the molecule is CC1(C)OCC(CNc2ccc(I)cc2[N+](=O)[O-])O1. The summed E-state index contributed by atoms with van der Waals surface area (Å²) in [5.74, 6) is -0.579. The standard InChI is InChI=1S/C12H15IN2O4/c1-12(2)18-7-9(19-12)6-14-10-4-3-8(13)5-11(10)15(16)17/h3-5,9,14H,6-7H2,1-2H3. The van der Waals surface area contributed by atoms with E-state index in [1.54, 1.807) is 12.1 Å². The summed E-state index contributed by atoms with van der Waals surface area (Å²) in [4.78, 5) is 10.6. The molecule has 2 rings (SSSR count). The molecule has 19 heavy (non-hydrogen) atoms. The molecule has 1 atom stereocenters. The first-order valence-corrected chi connectivity index (χ1v) is 6.95. The third kappa shape index (κ3) is 3.77. The maximum atomic E-state index is 11.0. The van der Waals surface area contributed by atoms with Gasteiger partial charge in [-0.15, -0.1) is 0 Å². The van der Waals surface area contributed by atoms with Crippen LogP contribution in [0.3, 0.4) is 0 Å². The van der Waals surface area contributed by atoms with Crippen molar-refractivity contribution in [1.29, 1.82) is 0 Å². The smallest absolute Gasteiger partial charge is 0.293 e. The molecule has 1 aromatic rings. The molecule has 7 heteroatoms. The number of nitrogens with one attached hydrogen (secondary N) is 1. The van der Waals surface area contributed by atoms with Gasteiger partial charge in [-0.1, -0.05) is 0 Å². The monoisotopic (exact) mass is 378 g/mol. The summed E-state index contributed by atoms with van der Waals surface area (Å²) in [6, 6.07) is 5.07. The van der Waals surface area contributed by atoms with Gasteiger partial charge in [0.05, 0.1) is 11.5 Å². The molecule has 1 aromatic carbocycles. The van der Waals surface area contributed by atoms with E-state index in [1.165, 1.54) is 0 Å². The number of rotatable bonds is 4. The molecule has 0 radical (unpaired) electrons. The molecule has 0 spiro atoms. The molecule has 0 amide bonds. The number of benzene rings is 1. The van der Waals surface area contributed by atoms with Crippen LogP contribution in [0.25, 0.3) is 0 Å². The highest BCUT2D eigenvalue weighted by atomic mass is 127. The molecule has 6 nitrogen and oxygen atoms in total. The van der Waals surface area contributed by atoms with Crippen LogP contribution in [0.2, 0.25) is 0 Å². The van der Waals surface area contributed by atoms with Gasteiger partial charge in [0.25, 0.3) is 5.69 Å². The van der Waals surface area contributed by atoms with Gasteiger partial charge in [-0.25, -0.2) is 0 Å². The lowest BCUT2D eigenvalue weighted by Gasteiger charge is -2.17. The Morgan fingerprint density at radius 2 is 2.32 bits per heavy atom. The van der Waals surface area contributed by atoms with Crippen LogP contribution >= 0.6 is 22.6 Å². The van der Waals surface area contributed by atoms with Crippen LogP contribution in [0.15, 0.2) is 18.2 Å². The molecule has 0 saturated carbocycles. The van der Waals surface area contributed by atoms with E-state index in [9.17, 15) is 10.1 Å². The Morgan fingerprint density at radius 1 is 1.58 bits per heavy atom. The molecule has 1 N–H and O–H groups in total. The van der Waals surface area contributed by atoms with Gasteiger partial charge in [-0.2, -0.15) is 0 Å². The Bertz CT molecular complexity index is 493. The zero-order valence-electron chi connectivity index (χ0n) is 10.7. The van der Waals surface area contributed by atoms with Crippen molar-refractivity contribution in [3.05, 3.63) is 31.9 Å². The van der Waals surface area contributed by atoms with E-state index >= 15 is 0 Å². The van der Waals surface area contributed by atoms with Crippen molar-refractivity contribution < 1.29 is 14.4 Å². The summed E-state index contributed by atoms with van der Waals surface area (Å²) in [6.45, 7) is 4.66. The number of nitrogens with zero attached hydrogens (tertiary/aromatic N) is 1. The molecule has 1 unspecified atom stereocenters. The molecule has 1 aliphatic heterocycles. The maximum absolute atomic E-state index is 11.0. The van der Waals surface area contributed by atoms with Crippen LogP contribution in [-0.2, 0) is 9.47 Å². The quantitative estimate of drug-likeness (QED) is 0.496. The molecular formula is C12H15IN2O4. The number of halogens is 1. The molecule has 1 saturated heterocycles. The summed E-state index contributed by atoms with van der Waals surface area (Å²) in [5, 5.41) is 14.0. The normalized spacial score (nSPS) is 21.3. The minimum atomic E-state index is -0.579. The van der Waals surface area contributed by atoms with Crippen molar-refractivity contribution in [2.24, 2.45) is 0 Å². The van der Waals surface area contributed by atoms with Crippen LogP contribution in [0.4, 0.5) is 11.4 Å². The van der Waals surface area contributed by atoms with Gasteiger partial charge < -0.3 is 14.8 Å². The molecule has 0 aromatic heterocycles. The fourth-order valence-corrected chi connectivity index (χ4v) is 2.37. The summed E-state index contributed by atoms with van der Waals surface area (Å²) >= 11 is 2.05. The van der Waals surface area contributed by atoms with Gasteiger partial charge in [0, 0.05) is 16.2 Å². The van der Waals surface area contributed by atoms with Crippen LogP contribution < -0.4 is 5.32 Å². The van der Waals surface area contributed by atoms with Crippen LogP contribution in [0.5, 0.6) is 0 Å². The summed E-state index contributed by atoms with van der Waals surface area (Å²) in [5.41, 5.74) is 0.573. The second-order valence-electron chi connectivity index (χ2n) is 4.75. The number of nitro groups is 1. The highest BCUT2D eigenvalue weighted by Crippen LogP contribution is 2.27. The minimum Gasteiger partial charge on any atom is -0.377 e. The second-order valence-corrected chi connectivity index (χ2v) is 6.00. The molecule has 1 fully saturated rings. The first-order valence-electron chi connectivity index (χ1n) is 5.87. The third-order valence-corrected chi connectivity index (χ3v) is 3.41. The number of anilines is 1. The van der Waals surface area contributed by atoms with Crippen molar-refractivity contribution in [2.45, 2.75) is 25.7 Å². The first kappa shape index (κ1) is 14.5. The number of nitro benzene ring substituents is 1. The molecule has 1 aliphatic rings. The van der Waals surface area contributed by atoms with Crippen molar-refractivity contribution in [3.63, 3.8) is 0 Å². The largest absolute Gasteiger partial charge is 0.377 e. The number of hydrogen-bond donors (Lipinski definition) is 1. The molecule has 0 aliphatic carbocycles.